The maximum absolute atomic E-state index is 11.6. The molecule has 0 spiro atoms. The molecule has 0 radical (unpaired) electrons. The predicted octanol–water partition coefficient (Wildman–Crippen LogP) is 0.951. The molecule has 20 heavy (non-hydrogen) atoms. The molecule has 1 aromatic carbocycles. The highest BCUT2D eigenvalue weighted by molar-refractivity contribution is 5.94. The first-order valence-electron chi connectivity index (χ1n) is 6.09. The predicted molar refractivity (Wildman–Crippen MR) is 73.8 cm³/mol. The van der Waals surface area contributed by atoms with E-state index in [9.17, 15) is 14.4 Å². The van der Waals surface area contributed by atoms with Gasteiger partial charge >= 0.3 is 12.0 Å². The molecule has 0 saturated heterocycles. The van der Waals surface area contributed by atoms with Crippen LogP contribution in [0.4, 0.5) is 10.5 Å². The molecule has 0 unspecified atom stereocenters. The van der Waals surface area contributed by atoms with Gasteiger partial charge in [-0.05, 0) is 37.6 Å². The third kappa shape index (κ3) is 4.60. The quantitative estimate of drug-likeness (QED) is 0.643. The molecular formula is C13H17N3O4. The van der Waals surface area contributed by atoms with Crippen molar-refractivity contribution >= 4 is 23.6 Å². The van der Waals surface area contributed by atoms with Crippen molar-refractivity contribution in [3.05, 3.63) is 29.3 Å². The lowest BCUT2D eigenvalue weighted by Crippen LogP contribution is -2.38. The minimum atomic E-state index is -1.03. The number of aromatic carboxylic acids is 1. The molecule has 0 atom stereocenters. The van der Waals surface area contributed by atoms with E-state index in [4.69, 9.17) is 5.11 Å². The lowest BCUT2D eigenvalue weighted by Gasteiger charge is -2.10. The van der Waals surface area contributed by atoms with Gasteiger partial charge in [-0.15, -0.1) is 0 Å². The molecule has 0 saturated carbocycles. The number of likely N-dealkylation sites (N-methyl/N-ethyl adjacent to an activating group) is 1. The first-order chi connectivity index (χ1) is 9.43. The van der Waals surface area contributed by atoms with E-state index >= 15 is 0 Å². The minimum absolute atomic E-state index is 0.119. The number of anilines is 1. The second kappa shape index (κ2) is 7.13. The Balaban J connectivity index is 2.58. The van der Waals surface area contributed by atoms with Gasteiger partial charge in [-0.1, -0.05) is 0 Å². The van der Waals surface area contributed by atoms with Crippen molar-refractivity contribution < 1.29 is 19.5 Å². The fourth-order valence-electron chi connectivity index (χ4n) is 1.52. The molecule has 1 rings (SSSR count). The Morgan fingerprint density at radius 1 is 1.20 bits per heavy atom. The van der Waals surface area contributed by atoms with Crippen molar-refractivity contribution in [2.45, 2.75) is 13.8 Å². The molecule has 7 heteroatoms. The summed E-state index contributed by atoms with van der Waals surface area (Å²) in [6.07, 6.45) is 0. The third-order valence-corrected chi connectivity index (χ3v) is 2.51. The molecule has 0 aliphatic heterocycles. The summed E-state index contributed by atoms with van der Waals surface area (Å²) in [4.78, 5) is 33.5. The van der Waals surface area contributed by atoms with E-state index < -0.39 is 12.0 Å². The molecule has 3 amide bonds. The average molecular weight is 279 g/mol. The maximum Gasteiger partial charge on any atom is 0.335 e. The van der Waals surface area contributed by atoms with Gasteiger partial charge in [-0.2, -0.15) is 0 Å². The lowest BCUT2D eigenvalue weighted by molar-refractivity contribution is -0.119. The van der Waals surface area contributed by atoms with Crippen LogP contribution in [0.3, 0.4) is 0 Å². The van der Waals surface area contributed by atoms with Crippen LogP contribution in [0.25, 0.3) is 0 Å². The number of hydrogen-bond acceptors (Lipinski definition) is 3. The van der Waals surface area contributed by atoms with Gasteiger partial charge in [-0.3, -0.25) is 4.79 Å². The van der Waals surface area contributed by atoms with Gasteiger partial charge in [0.25, 0.3) is 0 Å². The van der Waals surface area contributed by atoms with Crippen molar-refractivity contribution in [1.82, 2.24) is 10.6 Å². The molecular weight excluding hydrogens is 262 g/mol. The summed E-state index contributed by atoms with van der Waals surface area (Å²) in [6.45, 7) is 3.85. The summed E-state index contributed by atoms with van der Waals surface area (Å²) >= 11 is 0. The van der Waals surface area contributed by atoms with Crippen LogP contribution in [0, 0.1) is 6.92 Å². The molecule has 0 bridgehead atoms. The number of benzene rings is 1. The Hall–Kier alpha value is -2.57. The van der Waals surface area contributed by atoms with Crippen LogP contribution >= 0.6 is 0 Å². The van der Waals surface area contributed by atoms with Crippen molar-refractivity contribution in [1.29, 1.82) is 0 Å². The maximum atomic E-state index is 11.6. The van der Waals surface area contributed by atoms with Gasteiger partial charge in [0.05, 0.1) is 12.1 Å². The van der Waals surface area contributed by atoms with Gasteiger partial charge in [-0.25, -0.2) is 9.59 Å². The van der Waals surface area contributed by atoms with Gasteiger partial charge in [0.1, 0.15) is 0 Å². The zero-order chi connectivity index (χ0) is 15.1. The molecule has 0 fully saturated rings. The summed E-state index contributed by atoms with van der Waals surface area (Å²) in [5.41, 5.74) is 1.26. The highest BCUT2D eigenvalue weighted by atomic mass is 16.4. The van der Waals surface area contributed by atoms with Gasteiger partial charge in [0.2, 0.25) is 5.91 Å². The average Bonchev–Trinajstić information content (AvgIpc) is 2.39. The number of aryl methyl sites for hydroxylation is 1. The summed E-state index contributed by atoms with van der Waals surface area (Å²) < 4.78 is 0. The molecule has 108 valence electrons. The van der Waals surface area contributed by atoms with Crippen molar-refractivity contribution in [3.8, 4) is 0 Å². The first-order valence-corrected chi connectivity index (χ1v) is 6.09. The Kier molecular flexibility index (Phi) is 5.52. The lowest BCUT2D eigenvalue weighted by atomic mass is 10.1. The standard InChI is InChI=1S/C13H17N3O4/c1-3-14-11(17)7-15-13(20)16-10-5-4-9(12(18)19)6-8(10)2/h4-6H,3,7H2,1-2H3,(H,14,17)(H,18,19)(H2,15,16,20). The second-order valence-corrected chi connectivity index (χ2v) is 4.10. The number of carbonyl (C=O) groups is 3. The largest absolute Gasteiger partial charge is 0.478 e. The second-order valence-electron chi connectivity index (χ2n) is 4.10. The zero-order valence-corrected chi connectivity index (χ0v) is 11.3. The van der Waals surface area contributed by atoms with Gasteiger partial charge < -0.3 is 21.1 Å². The van der Waals surface area contributed by atoms with E-state index in [1.807, 2.05) is 0 Å². The number of urea groups is 1. The molecule has 1 aromatic rings. The monoisotopic (exact) mass is 279 g/mol. The fraction of sp³-hybridized carbons (Fsp3) is 0.308. The van der Waals surface area contributed by atoms with Crippen LogP contribution in [0.1, 0.15) is 22.8 Å². The van der Waals surface area contributed by atoms with Crippen LogP contribution in [0.2, 0.25) is 0 Å². The normalized spacial score (nSPS) is 9.70. The van der Waals surface area contributed by atoms with Crippen LogP contribution < -0.4 is 16.0 Å². The summed E-state index contributed by atoms with van der Waals surface area (Å²) in [7, 11) is 0. The van der Waals surface area contributed by atoms with E-state index in [2.05, 4.69) is 16.0 Å². The number of carboxylic acid groups (broad SMARTS) is 1. The third-order valence-electron chi connectivity index (χ3n) is 2.51. The van der Waals surface area contributed by atoms with E-state index in [1.54, 1.807) is 13.8 Å². The number of nitrogens with one attached hydrogen (secondary N) is 3. The number of rotatable bonds is 5. The van der Waals surface area contributed by atoms with Crippen molar-refractivity contribution in [2.75, 3.05) is 18.4 Å². The van der Waals surface area contributed by atoms with Gasteiger partial charge in [0, 0.05) is 12.2 Å². The zero-order valence-electron chi connectivity index (χ0n) is 11.3. The summed E-state index contributed by atoms with van der Waals surface area (Å²) in [5, 5.41) is 16.3. The van der Waals surface area contributed by atoms with Gasteiger partial charge in [0.15, 0.2) is 0 Å². The van der Waals surface area contributed by atoms with Crippen LogP contribution in [0.15, 0.2) is 18.2 Å². The first kappa shape index (κ1) is 15.5. The highest BCUT2D eigenvalue weighted by Gasteiger charge is 2.09. The van der Waals surface area contributed by atoms with Crippen LogP contribution in [-0.4, -0.2) is 36.1 Å². The molecule has 0 aromatic heterocycles. The Labute approximate surface area is 116 Å². The number of amides is 3. The fourth-order valence-corrected chi connectivity index (χ4v) is 1.52. The molecule has 0 aliphatic carbocycles. The Morgan fingerprint density at radius 2 is 1.90 bits per heavy atom. The highest BCUT2D eigenvalue weighted by Crippen LogP contribution is 2.16. The van der Waals surface area contributed by atoms with E-state index in [0.29, 0.717) is 17.8 Å². The number of carbonyl (C=O) groups excluding carboxylic acids is 2. The van der Waals surface area contributed by atoms with Crippen molar-refractivity contribution in [2.24, 2.45) is 0 Å². The Bertz CT molecular complexity index is 528. The minimum Gasteiger partial charge on any atom is -0.478 e. The SMILES string of the molecule is CCNC(=O)CNC(=O)Nc1ccc(C(=O)O)cc1C. The molecule has 0 heterocycles. The molecule has 4 N–H and O–H groups in total. The van der Waals surface area contributed by atoms with E-state index in [1.165, 1.54) is 18.2 Å². The van der Waals surface area contributed by atoms with Crippen LogP contribution in [-0.2, 0) is 4.79 Å². The number of hydrogen-bond donors (Lipinski definition) is 4. The summed E-state index contributed by atoms with van der Waals surface area (Å²) in [5.74, 6) is -1.30. The van der Waals surface area contributed by atoms with Crippen molar-refractivity contribution in [3.63, 3.8) is 0 Å². The molecule has 7 nitrogen and oxygen atoms in total. The van der Waals surface area contributed by atoms with E-state index in [0.717, 1.165) is 0 Å². The number of carboxylic acids is 1. The topological polar surface area (TPSA) is 108 Å². The Morgan fingerprint density at radius 3 is 2.45 bits per heavy atom. The summed E-state index contributed by atoms with van der Waals surface area (Å²) in [6, 6.07) is 3.84. The molecule has 0 aliphatic rings. The van der Waals surface area contributed by atoms with Crippen LogP contribution in [0.5, 0.6) is 0 Å². The van der Waals surface area contributed by atoms with E-state index in [-0.39, 0.29) is 18.0 Å². The smallest absolute Gasteiger partial charge is 0.335 e.